The molecule has 3 aliphatic rings. The molecule has 3 fully saturated rings. The van der Waals surface area contributed by atoms with Gasteiger partial charge in [0, 0.05) is 13.6 Å². The van der Waals surface area contributed by atoms with E-state index in [1.807, 2.05) is 54.6 Å². The number of amides is 1. The van der Waals surface area contributed by atoms with Crippen LogP contribution in [0.15, 0.2) is 60.7 Å². The van der Waals surface area contributed by atoms with Crippen molar-refractivity contribution in [3.8, 4) is 5.75 Å². The van der Waals surface area contributed by atoms with Gasteiger partial charge >= 0.3 is 12.1 Å². The number of ether oxygens (including phenoxy) is 3. The topological polar surface area (TPSA) is 94.9 Å². The number of fused-ring (bicyclic) bond motifs is 3. The zero-order valence-corrected chi connectivity index (χ0v) is 21.1. The van der Waals surface area contributed by atoms with Crippen LogP contribution in [-0.4, -0.2) is 59.6 Å². The van der Waals surface area contributed by atoms with Gasteiger partial charge in [-0.1, -0.05) is 42.5 Å². The molecule has 194 valence electrons. The number of aromatic nitrogens is 2. The van der Waals surface area contributed by atoms with E-state index in [0.717, 1.165) is 49.3 Å². The van der Waals surface area contributed by atoms with E-state index >= 15 is 0 Å². The molecule has 1 N–H and O–H groups in total. The van der Waals surface area contributed by atoms with E-state index < -0.39 is 18.1 Å². The molecular weight excluding hydrogens is 472 g/mol. The van der Waals surface area contributed by atoms with Gasteiger partial charge in [-0.2, -0.15) is 5.10 Å². The molecule has 2 bridgehead atoms. The quantitative estimate of drug-likeness (QED) is 0.468. The predicted octanol–water partition coefficient (Wildman–Crippen LogP) is 3.70. The fraction of sp³-hybridized carbons (Fsp3) is 0.393. The highest BCUT2D eigenvalue weighted by atomic mass is 16.6. The third kappa shape index (κ3) is 5.77. The summed E-state index contributed by atoms with van der Waals surface area (Å²) in [6, 6.07) is 18.7. The van der Waals surface area contributed by atoms with Gasteiger partial charge in [0.25, 0.3) is 0 Å². The number of carbonyl (C=O) groups is 2. The maximum atomic E-state index is 13.0. The molecule has 2 aromatic carbocycles. The number of methoxy groups -OCH3 is 1. The number of esters is 1. The average Bonchev–Trinajstić information content (AvgIpc) is 3.31. The lowest BCUT2D eigenvalue weighted by atomic mass is 9.86. The van der Waals surface area contributed by atoms with Crippen LogP contribution in [-0.2, 0) is 23.1 Å². The van der Waals surface area contributed by atoms with Crippen LogP contribution in [0.1, 0.15) is 46.2 Å². The molecule has 2 atom stereocenters. The molecule has 6 rings (SSSR count). The van der Waals surface area contributed by atoms with Gasteiger partial charge in [-0.15, -0.1) is 0 Å². The second-order valence-corrected chi connectivity index (χ2v) is 9.57. The maximum Gasteiger partial charge on any atom is 0.408 e. The lowest BCUT2D eigenvalue weighted by Crippen LogP contribution is -2.52. The van der Waals surface area contributed by atoms with Gasteiger partial charge in [0.1, 0.15) is 18.5 Å². The van der Waals surface area contributed by atoms with Crippen molar-refractivity contribution in [2.24, 2.45) is 13.0 Å². The van der Waals surface area contributed by atoms with E-state index in [1.165, 1.54) is 7.11 Å². The Morgan fingerprint density at radius 3 is 2.51 bits per heavy atom. The van der Waals surface area contributed by atoms with Gasteiger partial charge < -0.3 is 19.5 Å². The van der Waals surface area contributed by atoms with Crippen molar-refractivity contribution >= 4 is 12.1 Å². The Bertz CT molecular complexity index is 1240. The lowest BCUT2D eigenvalue weighted by Gasteiger charge is -2.43. The zero-order valence-electron chi connectivity index (χ0n) is 21.1. The van der Waals surface area contributed by atoms with E-state index in [9.17, 15) is 9.59 Å². The van der Waals surface area contributed by atoms with Crippen molar-refractivity contribution in [3.63, 3.8) is 0 Å². The maximum absolute atomic E-state index is 13.0. The first kappa shape index (κ1) is 24.8. The number of alkyl carbamates (subject to hydrolysis) is 1. The minimum atomic E-state index is -0.495. The molecule has 0 spiro atoms. The summed E-state index contributed by atoms with van der Waals surface area (Å²) in [4.78, 5) is 27.2. The first-order chi connectivity index (χ1) is 18.0. The Balaban J connectivity index is 1.30. The number of carbonyl (C=O) groups excluding carboxylic acids is 2. The fourth-order valence-electron chi connectivity index (χ4n) is 5.12. The van der Waals surface area contributed by atoms with Gasteiger partial charge in [0.2, 0.25) is 0 Å². The van der Waals surface area contributed by atoms with Crippen LogP contribution in [0.5, 0.6) is 5.75 Å². The second-order valence-electron chi connectivity index (χ2n) is 9.57. The van der Waals surface area contributed by atoms with E-state index in [4.69, 9.17) is 14.2 Å². The van der Waals surface area contributed by atoms with Crippen molar-refractivity contribution in [1.29, 1.82) is 0 Å². The van der Waals surface area contributed by atoms with Crippen molar-refractivity contribution in [3.05, 3.63) is 83.2 Å². The number of aryl methyl sites for hydroxylation is 1. The van der Waals surface area contributed by atoms with Crippen LogP contribution < -0.4 is 10.1 Å². The standard InChI is InChI=1S/C28H32N4O5/c1-31-22(16-24(30-31)27(33)35-2)18-36-23-10-6-9-21(15-23)26(20-7-4-3-5-8-20)29-28(34)37-25-17-32-13-11-19(25)12-14-32/h3-10,15-16,19,25-26H,11-14,17-18H2,1-2H3,(H,29,34)/t25-,26?/m0/s1. The van der Waals surface area contributed by atoms with Crippen molar-refractivity contribution in [1.82, 2.24) is 20.0 Å². The molecule has 3 saturated heterocycles. The van der Waals surface area contributed by atoms with Crippen LogP contribution in [0.4, 0.5) is 4.79 Å². The van der Waals surface area contributed by atoms with Gasteiger partial charge in [-0.3, -0.25) is 9.58 Å². The first-order valence-electron chi connectivity index (χ1n) is 12.6. The summed E-state index contributed by atoms with van der Waals surface area (Å²) in [6.07, 6.45) is 1.68. The molecule has 9 heteroatoms. The van der Waals surface area contributed by atoms with E-state index in [2.05, 4.69) is 15.3 Å². The third-order valence-electron chi connectivity index (χ3n) is 7.20. The minimum Gasteiger partial charge on any atom is -0.487 e. The minimum absolute atomic E-state index is 0.0673. The van der Waals surface area contributed by atoms with Crippen molar-refractivity contribution in [2.75, 3.05) is 26.7 Å². The van der Waals surface area contributed by atoms with E-state index in [1.54, 1.807) is 17.8 Å². The Morgan fingerprint density at radius 2 is 1.81 bits per heavy atom. The number of benzene rings is 2. The molecule has 3 aliphatic heterocycles. The molecule has 1 unspecified atom stereocenters. The molecule has 0 aliphatic carbocycles. The lowest BCUT2D eigenvalue weighted by molar-refractivity contribution is -0.0336. The number of hydrogen-bond donors (Lipinski definition) is 1. The van der Waals surface area contributed by atoms with E-state index in [-0.39, 0.29) is 18.4 Å². The number of hydrogen-bond acceptors (Lipinski definition) is 7. The van der Waals surface area contributed by atoms with E-state index in [0.29, 0.717) is 11.7 Å². The molecule has 9 nitrogen and oxygen atoms in total. The SMILES string of the molecule is COC(=O)c1cc(COc2cccc(C(NC(=O)O[C@H]3CN4CCC3CC4)c3ccccc3)c2)n(C)n1. The smallest absolute Gasteiger partial charge is 0.408 e. The zero-order chi connectivity index (χ0) is 25.8. The number of piperidine rings is 3. The number of rotatable bonds is 8. The van der Waals surface area contributed by atoms with Crippen LogP contribution in [0, 0.1) is 5.92 Å². The number of nitrogens with one attached hydrogen (secondary N) is 1. The highest BCUT2D eigenvalue weighted by molar-refractivity contribution is 5.87. The average molecular weight is 505 g/mol. The van der Waals surface area contributed by atoms with Gasteiger partial charge in [0.15, 0.2) is 5.69 Å². The highest BCUT2D eigenvalue weighted by Gasteiger charge is 2.36. The first-order valence-corrected chi connectivity index (χ1v) is 12.6. The van der Waals surface area contributed by atoms with Gasteiger partial charge in [-0.25, -0.2) is 9.59 Å². The summed E-state index contributed by atoms with van der Waals surface area (Å²) >= 11 is 0. The molecule has 37 heavy (non-hydrogen) atoms. The Labute approximate surface area is 216 Å². The van der Waals surface area contributed by atoms with Crippen LogP contribution in [0.2, 0.25) is 0 Å². The highest BCUT2D eigenvalue weighted by Crippen LogP contribution is 2.30. The fourth-order valence-corrected chi connectivity index (χ4v) is 5.12. The summed E-state index contributed by atoms with van der Waals surface area (Å²) in [5.74, 6) is 0.576. The van der Waals surface area contributed by atoms with Crippen molar-refractivity contribution in [2.45, 2.75) is 31.6 Å². The molecule has 3 aromatic rings. The largest absolute Gasteiger partial charge is 0.487 e. The normalized spacial score (nSPS) is 21.2. The van der Waals surface area contributed by atoms with Crippen LogP contribution >= 0.6 is 0 Å². The summed E-state index contributed by atoms with van der Waals surface area (Å²) in [5.41, 5.74) is 2.77. The number of nitrogens with zero attached hydrogens (tertiary/aromatic N) is 3. The molecule has 0 saturated carbocycles. The molecule has 1 aromatic heterocycles. The monoisotopic (exact) mass is 504 g/mol. The summed E-state index contributed by atoms with van der Waals surface area (Å²) in [6.45, 7) is 3.21. The van der Waals surface area contributed by atoms with Gasteiger partial charge in [0.05, 0.1) is 18.8 Å². The molecule has 1 amide bonds. The summed E-state index contributed by atoms with van der Waals surface area (Å²) < 4.78 is 18.3. The summed E-state index contributed by atoms with van der Waals surface area (Å²) in [5, 5.41) is 7.26. The van der Waals surface area contributed by atoms with Crippen LogP contribution in [0.3, 0.4) is 0 Å². The van der Waals surface area contributed by atoms with Crippen molar-refractivity contribution < 1.29 is 23.8 Å². The Kier molecular flexibility index (Phi) is 7.41. The van der Waals surface area contributed by atoms with Crippen LogP contribution in [0.25, 0.3) is 0 Å². The molecule has 0 radical (unpaired) electrons. The predicted molar refractivity (Wildman–Crippen MR) is 136 cm³/mol. The van der Waals surface area contributed by atoms with Gasteiger partial charge in [-0.05, 0) is 61.2 Å². The molecular formula is C28H32N4O5. The molecule has 4 heterocycles. The second kappa shape index (κ2) is 11.0. The third-order valence-corrected chi connectivity index (χ3v) is 7.20. The Morgan fingerprint density at radius 1 is 1.05 bits per heavy atom. The Hall–Kier alpha value is -3.85. The summed E-state index contributed by atoms with van der Waals surface area (Å²) in [7, 11) is 3.07.